The summed E-state index contributed by atoms with van der Waals surface area (Å²) in [7, 11) is 0. The van der Waals surface area contributed by atoms with Crippen molar-refractivity contribution in [1.29, 1.82) is 0 Å². The molecule has 3 rings (SSSR count). The molecule has 140 valence electrons. The molecule has 0 heterocycles. The van der Waals surface area contributed by atoms with Gasteiger partial charge in [-0.15, -0.1) is 0 Å². The summed E-state index contributed by atoms with van der Waals surface area (Å²) >= 11 is 0. The lowest BCUT2D eigenvalue weighted by Gasteiger charge is -2.11. The summed E-state index contributed by atoms with van der Waals surface area (Å²) in [6, 6.07) is 20.8. The Bertz CT molecular complexity index is 1030. The van der Waals surface area contributed by atoms with Crippen LogP contribution in [0.1, 0.15) is 11.1 Å². The maximum atomic E-state index is 12.3. The number of benzene rings is 3. The highest BCUT2D eigenvalue weighted by atomic mass is 16.6. The van der Waals surface area contributed by atoms with Gasteiger partial charge in [-0.1, -0.05) is 42.0 Å². The van der Waals surface area contributed by atoms with Crippen molar-refractivity contribution in [2.45, 2.75) is 6.92 Å². The van der Waals surface area contributed by atoms with E-state index >= 15 is 0 Å². The third-order valence-electron chi connectivity index (χ3n) is 3.90. The van der Waals surface area contributed by atoms with Gasteiger partial charge in [0, 0.05) is 18.2 Å². The minimum absolute atomic E-state index is 0.0283. The number of aryl methyl sites for hydroxylation is 1. The van der Waals surface area contributed by atoms with Gasteiger partial charge in [-0.3, -0.25) is 14.9 Å². The molecule has 0 aromatic heterocycles. The Balaban J connectivity index is 1.71. The molecular formula is C22H18N2O4. The number of nitrogens with one attached hydrogen (secondary N) is 1. The maximum Gasteiger partial charge on any atom is 0.270 e. The number of nitrogens with zero attached hydrogens (tertiary/aromatic N) is 1. The summed E-state index contributed by atoms with van der Waals surface area (Å²) < 4.78 is 5.86. The average Bonchev–Trinajstić information content (AvgIpc) is 2.70. The molecule has 6 heteroatoms. The van der Waals surface area contributed by atoms with Crippen LogP contribution in [0, 0.1) is 17.0 Å². The van der Waals surface area contributed by atoms with Gasteiger partial charge in [-0.2, -0.15) is 0 Å². The molecule has 0 saturated heterocycles. The van der Waals surface area contributed by atoms with Gasteiger partial charge in [0.1, 0.15) is 5.75 Å². The number of carbonyl (C=O) groups is 1. The minimum atomic E-state index is -0.476. The number of nitro groups is 1. The second-order valence-electron chi connectivity index (χ2n) is 6.09. The fourth-order valence-electron chi connectivity index (χ4n) is 2.48. The predicted molar refractivity (Wildman–Crippen MR) is 108 cm³/mol. The lowest BCUT2D eigenvalue weighted by molar-refractivity contribution is -0.384. The van der Waals surface area contributed by atoms with Crippen LogP contribution in [0.2, 0.25) is 0 Å². The van der Waals surface area contributed by atoms with E-state index in [0.717, 1.165) is 5.56 Å². The number of hydrogen-bond acceptors (Lipinski definition) is 4. The molecule has 3 aromatic carbocycles. The number of anilines is 1. The SMILES string of the molecule is Cc1ccc(Oc2ccccc2NC(=O)/C=C/c2cccc([N+](=O)[O-])c2)cc1. The third-order valence-corrected chi connectivity index (χ3v) is 3.90. The smallest absolute Gasteiger partial charge is 0.270 e. The zero-order valence-corrected chi connectivity index (χ0v) is 15.2. The Morgan fingerprint density at radius 3 is 2.54 bits per heavy atom. The van der Waals surface area contributed by atoms with Gasteiger partial charge >= 0.3 is 0 Å². The van der Waals surface area contributed by atoms with Crippen LogP contribution in [0.25, 0.3) is 6.08 Å². The minimum Gasteiger partial charge on any atom is -0.455 e. The van der Waals surface area contributed by atoms with Crippen LogP contribution >= 0.6 is 0 Å². The highest BCUT2D eigenvalue weighted by Crippen LogP contribution is 2.29. The average molecular weight is 374 g/mol. The van der Waals surface area contributed by atoms with Crippen molar-refractivity contribution in [3.8, 4) is 11.5 Å². The van der Waals surface area contributed by atoms with Crippen molar-refractivity contribution in [2.24, 2.45) is 0 Å². The quantitative estimate of drug-likeness (QED) is 0.358. The molecule has 1 N–H and O–H groups in total. The van der Waals surface area contributed by atoms with Crippen molar-refractivity contribution in [3.63, 3.8) is 0 Å². The normalized spacial score (nSPS) is 10.6. The number of amides is 1. The molecule has 0 radical (unpaired) electrons. The van der Waals surface area contributed by atoms with Crippen LogP contribution in [-0.2, 0) is 4.79 Å². The molecule has 0 unspecified atom stereocenters. The Morgan fingerprint density at radius 2 is 1.79 bits per heavy atom. The van der Waals surface area contributed by atoms with Gasteiger partial charge < -0.3 is 10.1 Å². The number of rotatable bonds is 6. The number of hydrogen-bond donors (Lipinski definition) is 1. The summed E-state index contributed by atoms with van der Waals surface area (Å²) in [4.78, 5) is 22.6. The molecule has 0 aliphatic carbocycles. The number of nitro benzene ring substituents is 1. The van der Waals surface area contributed by atoms with Gasteiger partial charge in [0.25, 0.3) is 5.69 Å². The Hall–Kier alpha value is -3.93. The number of ether oxygens (including phenoxy) is 1. The van der Waals surface area contributed by atoms with E-state index in [1.165, 1.54) is 24.3 Å². The molecule has 0 aliphatic heterocycles. The topological polar surface area (TPSA) is 81.5 Å². The van der Waals surface area contributed by atoms with Crippen molar-refractivity contribution in [1.82, 2.24) is 0 Å². The van der Waals surface area contributed by atoms with E-state index in [1.807, 2.05) is 37.3 Å². The zero-order valence-electron chi connectivity index (χ0n) is 15.2. The number of carbonyl (C=O) groups excluding carboxylic acids is 1. The Kier molecular flexibility index (Phi) is 5.81. The molecule has 0 saturated carbocycles. The molecule has 0 aliphatic rings. The second kappa shape index (κ2) is 8.64. The fourth-order valence-corrected chi connectivity index (χ4v) is 2.48. The van der Waals surface area contributed by atoms with Gasteiger partial charge in [0.2, 0.25) is 5.91 Å². The summed E-state index contributed by atoms with van der Waals surface area (Å²) in [5.74, 6) is 0.814. The molecule has 0 bridgehead atoms. The van der Waals surface area contributed by atoms with Crippen LogP contribution in [0.5, 0.6) is 11.5 Å². The number of para-hydroxylation sites is 2. The standard InChI is InChI=1S/C22H18N2O4/c1-16-9-12-19(13-10-16)28-21-8-3-2-7-20(21)23-22(25)14-11-17-5-4-6-18(15-17)24(26)27/h2-15H,1H3,(H,23,25)/b14-11+. The van der Waals surface area contributed by atoms with Crippen molar-refractivity contribution in [2.75, 3.05) is 5.32 Å². The first kappa shape index (κ1) is 18.8. The molecule has 1 amide bonds. The summed E-state index contributed by atoms with van der Waals surface area (Å²) in [5, 5.41) is 13.6. The molecule has 6 nitrogen and oxygen atoms in total. The summed E-state index contributed by atoms with van der Waals surface area (Å²) in [5.41, 5.74) is 2.19. The third kappa shape index (κ3) is 5.04. The monoisotopic (exact) mass is 374 g/mol. The fraction of sp³-hybridized carbons (Fsp3) is 0.0455. The van der Waals surface area contributed by atoms with E-state index in [9.17, 15) is 14.9 Å². The van der Waals surface area contributed by atoms with Crippen molar-refractivity contribution in [3.05, 3.63) is 100 Å². The van der Waals surface area contributed by atoms with Crippen LogP contribution in [0.4, 0.5) is 11.4 Å². The first-order valence-electron chi connectivity index (χ1n) is 8.58. The molecular weight excluding hydrogens is 356 g/mol. The van der Waals surface area contributed by atoms with Crippen LogP contribution in [0.15, 0.2) is 78.9 Å². The first-order valence-corrected chi connectivity index (χ1v) is 8.58. The Morgan fingerprint density at radius 1 is 1.04 bits per heavy atom. The lowest BCUT2D eigenvalue weighted by atomic mass is 10.2. The lowest BCUT2D eigenvalue weighted by Crippen LogP contribution is -2.08. The summed E-state index contributed by atoms with van der Waals surface area (Å²) in [6.45, 7) is 1.99. The zero-order chi connectivity index (χ0) is 19.9. The largest absolute Gasteiger partial charge is 0.455 e. The molecule has 0 fully saturated rings. The van der Waals surface area contributed by atoms with E-state index in [0.29, 0.717) is 22.7 Å². The molecule has 0 atom stereocenters. The van der Waals surface area contributed by atoms with E-state index in [4.69, 9.17) is 4.74 Å². The van der Waals surface area contributed by atoms with Gasteiger partial charge in [-0.25, -0.2) is 0 Å². The molecule has 0 spiro atoms. The van der Waals surface area contributed by atoms with Crippen LogP contribution < -0.4 is 10.1 Å². The van der Waals surface area contributed by atoms with E-state index in [1.54, 1.807) is 30.3 Å². The number of non-ortho nitro benzene ring substituents is 1. The van der Waals surface area contributed by atoms with Crippen LogP contribution in [-0.4, -0.2) is 10.8 Å². The summed E-state index contributed by atoms with van der Waals surface area (Å²) in [6.07, 6.45) is 2.84. The maximum absolute atomic E-state index is 12.3. The Labute approximate surface area is 162 Å². The second-order valence-corrected chi connectivity index (χ2v) is 6.09. The van der Waals surface area contributed by atoms with Gasteiger partial charge in [0.15, 0.2) is 5.75 Å². The van der Waals surface area contributed by atoms with E-state index < -0.39 is 4.92 Å². The van der Waals surface area contributed by atoms with Crippen LogP contribution in [0.3, 0.4) is 0 Å². The molecule has 3 aromatic rings. The first-order chi connectivity index (χ1) is 13.5. The molecule has 28 heavy (non-hydrogen) atoms. The predicted octanol–water partition coefficient (Wildman–Crippen LogP) is 5.35. The van der Waals surface area contributed by atoms with Crippen molar-refractivity contribution < 1.29 is 14.5 Å². The van der Waals surface area contributed by atoms with E-state index in [-0.39, 0.29) is 11.6 Å². The highest BCUT2D eigenvalue weighted by Gasteiger charge is 2.08. The van der Waals surface area contributed by atoms with E-state index in [2.05, 4.69) is 5.32 Å². The van der Waals surface area contributed by atoms with Crippen molar-refractivity contribution >= 4 is 23.4 Å². The highest BCUT2D eigenvalue weighted by molar-refractivity contribution is 6.02. The van der Waals surface area contributed by atoms with Gasteiger partial charge in [0.05, 0.1) is 10.6 Å². The van der Waals surface area contributed by atoms with Gasteiger partial charge in [-0.05, 0) is 42.8 Å².